The minimum atomic E-state index is -5.08. The average Bonchev–Trinajstić information content (AvgIpc) is 3.24. The molecule has 1 heterocycles. The molecule has 0 bridgehead atoms. The minimum Gasteiger partial charge on any atom is -0.493 e. The van der Waals surface area contributed by atoms with Crippen molar-refractivity contribution >= 4 is 35.2 Å². The molecule has 3 atom stereocenters. The van der Waals surface area contributed by atoms with Gasteiger partial charge in [-0.2, -0.15) is 13.2 Å². The number of likely N-dealkylation sites (tertiary alicyclic amines) is 1. The molecule has 0 radical (unpaired) electrons. The number of aliphatic carboxylic acids is 1. The summed E-state index contributed by atoms with van der Waals surface area (Å²) in [5, 5.41) is 14.3. The first-order valence-corrected chi connectivity index (χ1v) is 13.3. The number of nitrogens with one attached hydrogen (secondary N) is 2. The summed E-state index contributed by atoms with van der Waals surface area (Å²) in [7, 11) is 5.51. The fourth-order valence-corrected chi connectivity index (χ4v) is 5.95. The van der Waals surface area contributed by atoms with Gasteiger partial charge < -0.3 is 30.1 Å². The summed E-state index contributed by atoms with van der Waals surface area (Å²) in [5.41, 5.74) is 2.18. The van der Waals surface area contributed by atoms with Crippen LogP contribution in [0.2, 0.25) is 10.0 Å². The molecule has 2 aromatic carbocycles. The Labute approximate surface area is 240 Å². The number of hydrogen-bond donors (Lipinski definition) is 3. The van der Waals surface area contributed by atoms with Crippen molar-refractivity contribution in [2.45, 2.75) is 55.9 Å². The summed E-state index contributed by atoms with van der Waals surface area (Å²) in [6.45, 7) is 1.39. The fraction of sp³-hybridized carbons (Fsp3) is 0.481. The van der Waals surface area contributed by atoms with Gasteiger partial charge in [0.2, 0.25) is 0 Å². The van der Waals surface area contributed by atoms with Gasteiger partial charge in [0, 0.05) is 34.1 Å². The van der Waals surface area contributed by atoms with E-state index in [-0.39, 0.29) is 17.5 Å². The molecule has 13 heteroatoms. The quantitative estimate of drug-likeness (QED) is 0.394. The molecule has 1 aliphatic carbocycles. The number of amides is 2. The lowest BCUT2D eigenvalue weighted by molar-refractivity contribution is -0.192. The summed E-state index contributed by atoms with van der Waals surface area (Å²) in [6, 6.07) is 11.9. The van der Waals surface area contributed by atoms with Crippen LogP contribution in [0.1, 0.15) is 36.8 Å². The molecule has 40 heavy (non-hydrogen) atoms. The zero-order chi connectivity index (χ0) is 29.7. The SMILES string of the molecule is COc1ccc([C@@]23CC[C@@H](NC(=O)NCc4ccc(Cl)cc4Cl)C[C@@H]2N(C)CC3)cc1OC.O=C(O)C(F)(F)F. The Morgan fingerprint density at radius 3 is 2.38 bits per heavy atom. The Morgan fingerprint density at radius 1 is 1.10 bits per heavy atom. The topological polar surface area (TPSA) is 100 Å². The van der Waals surface area contributed by atoms with Crippen LogP contribution in [0.5, 0.6) is 11.5 Å². The molecule has 1 aliphatic heterocycles. The van der Waals surface area contributed by atoms with Crippen LogP contribution >= 0.6 is 23.2 Å². The summed E-state index contributed by atoms with van der Waals surface area (Å²) in [6.07, 6.45) is -1.16. The number of hydrogen-bond acceptors (Lipinski definition) is 5. The predicted molar refractivity (Wildman–Crippen MR) is 145 cm³/mol. The van der Waals surface area contributed by atoms with E-state index in [1.807, 2.05) is 12.1 Å². The van der Waals surface area contributed by atoms with Crippen molar-refractivity contribution in [2.75, 3.05) is 27.8 Å². The van der Waals surface area contributed by atoms with E-state index in [9.17, 15) is 18.0 Å². The van der Waals surface area contributed by atoms with Crippen LogP contribution in [0.25, 0.3) is 0 Å². The lowest BCUT2D eigenvalue weighted by atomic mass is 9.65. The van der Waals surface area contributed by atoms with Crippen LogP contribution in [0.3, 0.4) is 0 Å². The number of methoxy groups -OCH3 is 2. The maximum Gasteiger partial charge on any atom is 0.490 e. The number of carbonyl (C=O) groups is 2. The van der Waals surface area contributed by atoms with Crippen molar-refractivity contribution in [1.82, 2.24) is 15.5 Å². The van der Waals surface area contributed by atoms with Crippen molar-refractivity contribution in [3.8, 4) is 11.5 Å². The number of urea groups is 1. The van der Waals surface area contributed by atoms with Crippen LogP contribution < -0.4 is 20.1 Å². The highest BCUT2D eigenvalue weighted by atomic mass is 35.5. The van der Waals surface area contributed by atoms with Gasteiger partial charge in [-0.1, -0.05) is 35.3 Å². The zero-order valence-corrected chi connectivity index (χ0v) is 23.8. The number of benzene rings is 2. The Morgan fingerprint density at radius 2 is 1.77 bits per heavy atom. The highest BCUT2D eigenvalue weighted by Crippen LogP contribution is 2.49. The van der Waals surface area contributed by atoms with Gasteiger partial charge in [-0.3, -0.25) is 0 Å². The standard InChI is InChI=1S/C25H31Cl2N3O3.C2HF3O2/c1-30-11-10-25(17-5-7-21(32-2)22(12-17)33-3)9-8-19(14-23(25)30)29-24(31)28-15-16-4-6-18(26)13-20(16)27;3-2(4,5)1(6)7/h4-7,12-13,19,23H,8-11,14-15H2,1-3H3,(H2,28,29,31);(H,6,7)/t19-,23+,25+;/m1./s1. The molecule has 220 valence electrons. The van der Waals surface area contributed by atoms with Crippen LogP contribution in [-0.4, -0.2) is 68.1 Å². The molecule has 2 aromatic rings. The smallest absolute Gasteiger partial charge is 0.490 e. The number of carboxylic acid groups (broad SMARTS) is 1. The summed E-state index contributed by atoms with van der Waals surface area (Å²) >= 11 is 12.2. The Kier molecular flexibility index (Phi) is 10.4. The number of nitrogens with zero attached hydrogens (tertiary/aromatic N) is 1. The van der Waals surface area contributed by atoms with E-state index in [1.54, 1.807) is 26.4 Å². The summed E-state index contributed by atoms with van der Waals surface area (Å²) < 4.78 is 42.7. The second kappa shape index (κ2) is 13.2. The van der Waals surface area contributed by atoms with Crippen molar-refractivity contribution in [1.29, 1.82) is 0 Å². The summed E-state index contributed by atoms with van der Waals surface area (Å²) in [5.74, 6) is -1.25. The van der Waals surface area contributed by atoms with Gasteiger partial charge in [-0.15, -0.1) is 0 Å². The second-order valence-corrected chi connectivity index (χ2v) is 10.7. The van der Waals surface area contributed by atoms with Crippen LogP contribution in [0.15, 0.2) is 36.4 Å². The third-order valence-electron chi connectivity index (χ3n) is 7.52. The first kappa shape index (κ1) is 31.6. The van der Waals surface area contributed by atoms with Crippen LogP contribution in [-0.2, 0) is 16.8 Å². The average molecular weight is 606 g/mol. The number of fused-ring (bicyclic) bond motifs is 1. The fourth-order valence-electron chi connectivity index (χ4n) is 5.47. The Bertz CT molecular complexity index is 1220. The van der Waals surface area contributed by atoms with Gasteiger partial charge in [0.1, 0.15) is 0 Å². The predicted octanol–water partition coefficient (Wildman–Crippen LogP) is 5.64. The van der Waals surface area contributed by atoms with Gasteiger partial charge in [0.15, 0.2) is 11.5 Å². The van der Waals surface area contributed by atoms with Crippen LogP contribution in [0, 0.1) is 0 Å². The largest absolute Gasteiger partial charge is 0.493 e. The molecule has 4 rings (SSSR count). The van der Waals surface area contributed by atoms with E-state index in [0.717, 1.165) is 49.3 Å². The number of likely N-dealkylation sites (N-methyl/N-ethyl adjacent to an activating group) is 1. The Hall–Kier alpha value is -2.89. The molecule has 0 unspecified atom stereocenters. The van der Waals surface area contributed by atoms with E-state index in [1.165, 1.54) is 5.56 Å². The third kappa shape index (κ3) is 7.44. The molecular weight excluding hydrogens is 574 g/mol. The monoisotopic (exact) mass is 605 g/mol. The van der Waals surface area contributed by atoms with Gasteiger partial charge in [0.25, 0.3) is 0 Å². The van der Waals surface area contributed by atoms with Crippen molar-refractivity contribution in [2.24, 2.45) is 0 Å². The molecule has 0 aromatic heterocycles. The highest BCUT2D eigenvalue weighted by Gasteiger charge is 2.50. The second-order valence-electron chi connectivity index (χ2n) is 9.81. The molecule has 2 aliphatic rings. The molecule has 3 N–H and O–H groups in total. The van der Waals surface area contributed by atoms with Gasteiger partial charge in [-0.05, 0) is 74.7 Å². The maximum absolute atomic E-state index is 12.6. The number of rotatable bonds is 6. The molecule has 1 saturated heterocycles. The number of carboxylic acids is 1. The van der Waals surface area contributed by atoms with E-state index in [0.29, 0.717) is 22.6 Å². The molecule has 2 fully saturated rings. The number of carbonyl (C=O) groups excluding carboxylic acids is 1. The van der Waals surface area contributed by atoms with Crippen LogP contribution in [0.4, 0.5) is 18.0 Å². The zero-order valence-electron chi connectivity index (χ0n) is 22.3. The molecule has 8 nitrogen and oxygen atoms in total. The van der Waals surface area contributed by atoms with Crippen molar-refractivity contribution < 1.29 is 37.3 Å². The molecular formula is C27H32Cl2F3N3O5. The first-order chi connectivity index (χ1) is 18.8. The number of alkyl halides is 3. The lowest BCUT2D eigenvalue weighted by Crippen LogP contribution is -2.53. The van der Waals surface area contributed by atoms with E-state index in [2.05, 4.69) is 34.7 Å². The Balaban J connectivity index is 0.000000559. The number of ether oxygens (including phenoxy) is 2. The molecule has 0 spiro atoms. The minimum absolute atomic E-state index is 0.0553. The van der Waals surface area contributed by atoms with Gasteiger partial charge in [-0.25, -0.2) is 9.59 Å². The van der Waals surface area contributed by atoms with Crippen molar-refractivity contribution in [3.63, 3.8) is 0 Å². The van der Waals surface area contributed by atoms with Gasteiger partial charge >= 0.3 is 18.2 Å². The molecule has 2 amide bonds. The summed E-state index contributed by atoms with van der Waals surface area (Å²) in [4.78, 5) is 23.9. The highest BCUT2D eigenvalue weighted by molar-refractivity contribution is 6.35. The van der Waals surface area contributed by atoms with Gasteiger partial charge in [0.05, 0.1) is 14.2 Å². The third-order valence-corrected chi connectivity index (χ3v) is 8.10. The van der Waals surface area contributed by atoms with E-state index >= 15 is 0 Å². The normalized spacial score (nSPS) is 22.4. The maximum atomic E-state index is 12.6. The number of halogens is 5. The van der Waals surface area contributed by atoms with Crippen molar-refractivity contribution in [3.05, 3.63) is 57.6 Å². The molecule has 1 saturated carbocycles. The van der Waals surface area contributed by atoms with E-state index in [4.69, 9.17) is 42.6 Å². The lowest BCUT2D eigenvalue weighted by Gasteiger charge is -2.45. The van der Waals surface area contributed by atoms with E-state index < -0.39 is 12.1 Å². The first-order valence-electron chi connectivity index (χ1n) is 12.5.